The highest BCUT2D eigenvalue weighted by atomic mass is 16.5. The lowest BCUT2D eigenvalue weighted by Gasteiger charge is -2.15. The average molecular weight is 367 g/mol. The van der Waals surface area contributed by atoms with Gasteiger partial charge in [-0.2, -0.15) is 0 Å². The number of nitrogens with zero attached hydrogens (tertiary/aromatic N) is 1. The van der Waals surface area contributed by atoms with E-state index >= 15 is 0 Å². The van der Waals surface area contributed by atoms with Crippen LogP contribution in [0.2, 0.25) is 0 Å². The highest BCUT2D eigenvalue weighted by Gasteiger charge is 2.21. The van der Waals surface area contributed by atoms with Crippen molar-refractivity contribution in [2.75, 3.05) is 25.2 Å². The number of anilines is 1. The van der Waals surface area contributed by atoms with Crippen LogP contribution in [0.3, 0.4) is 0 Å². The van der Waals surface area contributed by atoms with Gasteiger partial charge in [-0.05, 0) is 48.4 Å². The molecule has 1 aliphatic heterocycles. The molecule has 0 saturated carbocycles. The molecule has 6 heteroatoms. The molecule has 0 unspecified atom stereocenters. The normalized spacial score (nSPS) is 13.5. The molecule has 1 heterocycles. The summed E-state index contributed by atoms with van der Waals surface area (Å²) in [4.78, 5) is 37.6. The Labute approximate surface area is 157 Å². The fourth-order valence-corrected chi connectivity index (χ4v) is 2.94. The molecule has 1 fully saturated rings. The fraction of sp³-hybridized carbons (Fsp3) is 0.286. The maximum atomic E-state index is 12.2. The van der Waals surface area contributed by atoms with E-state index in [0.29, 0.717) is 24.3 Å². The molecule has 1 saturated heterocycles. The SMILES string of the molecule is COc1ccc(CC(=O)OCC(=O)c2ccc(N3CCCC3=O)cc2)cc1. The number of benzene rings is 2. The first-order chi connectivity index (χ1) is 13.1. The standard InChI is InChI=1S/C21H21NO5/c1-26-18-10-4-15(5-11-18)13-21(25)27-14-19(23)16-6-8-17(9-7-16)22-12-2-3-20(22)24/h4-11H,2-3,12-14H2,1H3. The van der Waals surface area contributed by atoms with Gasteiger partial charge in [0.25, 0.3) is 0 Å². The first kappa shape index (κ1) is 18.6. The second kappa shape index (κ2) is 8.49. The summed E-state index contributed by atoms with van der Waals surface area (Å²) in [6, 6.07) is 13.9. The number of ether oxygens (including phenoxy) is 2. The second-order valence-corrected chi connectivity index (χ2v) is 6.30. The lowest BCUT2D eigenvalue weighted by molar-refractivity contribution is -0.141. The van der Waals surface area contributed by atoms with Crippen LogP contribution in [0.15, 0.2) is 48.5 Å². The van der Waals surface area contributed by atoms with Gasteiger partial charge in [-0.1, -0.05) is 12.1 Å². The molecule has 0 N–H and O–H groups in total. The molecule has 1 aliphatic rings. The van der Waals surface area contributed by atoms with Crippen LogP contribution in [0.4, 0.5) is 5.69 Å². The van der Waals surface area contributed by atoms with E-state index in [4.69, 9.17) is 9.47 Å². The van der Waals surface area contributed by atoms with Gasteiger partial charge in [0.1, 0.15) is 5.75 Å². The molecule has 0 atom stereocenters. The van der Waals surface area contributed by atoms with Gasteiger partial charge < -0.3 is 14.4 Å². The third kappa shape index (κ3) is 4.73. The molecule has 2 aromatic carbocycles. The van der Waals surface area contributed by atoms with Crippen molar-refractivity contribution in [2.24, 2.45) is 0 Å². The number of carbonyl (C=O) groups excluding carboxylic acids is 3. The Balaban J connectivity index is 1.50. The summed E-state index contributed by atoms with van der Waals surface area (Å²) in [7, 11) is 1.57. The van der Waals surface area contributed by atoms with Crippen molar-refractivity contribution in [1.29, 1.82) is 0 Å². The van der Waals surface area contributed by atoms with Crippen molar-refractivity contribution < 1.29 is 23.9 Å². The van der Waals surface area contributed by atoms with Crippen LogP contribution in [0, 0.1) is 0 Å². The third-order valence-electron chi connectivity index (χ3n) is 4.45. The van der Waals surface area contributed by atoms with Gasteiger partial charge >= 0.3 is 5.97 Å². The monoisotopic (exact) mass is 367 g/mol. The van der Waals surface area contributed by atoms with Crippen LogP contribution < -0.4 is 9.64 Å². The molecule has 6 nitrogen and oxygen atoms in total. The molecular formula is C21H21NO5. The van der Waals surface area contributed by atoms with Crippen molar-refractivity contribution in [1.82, 2.24) is 0 Å². The largest absolute Gasteiger partial charge is 0.497 e. The van der Waals surface area contributed by atoms with Crippen LogP contribution in [-0.4, -0.2) is 37.9 Å². The predicted molar refractivity (Wildman–Crippen MR) is 100 cm³/mol. The molecule has 3 rings (SSSR count). The van der Waals surface area contributed by atoms with E-state index in [0.717, 1.165) is 17.7 Å². The molecular weight excluding hydrogens is 346 g/mol. The minimum atomic E-state index is -0.465. The van der Waals surface area contributed by atoms with Crippen LogP contribution >= 0.6 is 0 Å². The molecule has 0 aliphatic carbocycles. The van der Waals surface area contributed by atoms with Crippen LogP contribution in [0.5, 0.6) is 5.75 Å². The smallest absolute Gasteiger partial charge is 0.310 e. The van der Waals surface area contributed by atoms with Gasteiger partial charge in [0, 0.05) is 24.2 Å². The van der Waals surface area contributed by atoms with Crippen molar-refractivity contribution in [3.63, 3.8) is 0 Å². The molecule has 27 heavy (non-hydrogen) atoms. The molecule has 0 aromatic heterocycles. The van der Waals surface area contributed by atoms with Crippen LogP contribution in [0.25, 0.3) is 0 Å². The van der Waals surface area contributed by atoms with Gasteiger partial charge in [-0.15, -0.1) is 0 Å². The van der Waals surface area contributed by atoms with E-state index in [2.05, 4.69) is 0 Å². The summed E-state index contributed by atoms with van der Waals surface area (Å²) in [6.45, 7) is 0.395. The molecule has 0 bridgehead atoms. The van der Waals surface area contributed by atoms with Gasteiger partial charge in [-0.3, -0.25) is 14.4 Å². The first-order valence-corrected chi connectivity index (χ1v) is 8.79. The number of esters is 1. The van der Waals surface area contributed by atoms with Crippen LogP contribution in [0.1, 0.15) is 28.8 Å². The zero-order valence-electron chi connectivity index (χ0n) is 15.1. The first-order valence-electron chi connectivity index (χ1n) is 8.79. The van der Waals surface area contributed by atoms with Crippen molar-refractivity contribution in [3.05, 3.63) is 59.7 Å². The Bertz CT molecular complexity index is 827. The molecule has 0 radical (unpaired) electrons. The zero-order chi connectivity index (χ0) is 19.2. The molecule has 140 valence electrons. The zero-order valence-corrected chi connectivity index (χ0v) is 15.1. The Kier molecular flexibility index (Phi) is 5.86. The summed E-state index contributed by atoms with van der Waals surface area (Å²) >= 11 is 0. The maximum absolute atomic E-state index is 12.2. The van der Waals surface area contributed by atoms with Crippen LogP contribution in [-0.2, 0) is 20.7 Å². The number of methoxy groups -OCH3 is 1. The Morgan fingerprint density at radius 2 is 1.74 bits per heavy atom. The number of hydrogen-bond acceptors (Lipinski definition) is 5. The quantitative estimate of drug-likeness (QED) is 0.556. The topological polar surface area (TPSA) is 72.9 Å². The van der Waals surface area contributed by atoms with Gasteiger partial charge in [0.15, 0.2) is 12.4 Å². The van der Waals surface area contributed by atoms with E-state index in [9.17, 15) is 14.4 Å². The average Bonchev–Trinajstić information content (AvgIpc) is 3.13. The lowest BCUT2D eigenvalue weighted by Crippen LogP contribution is -2.23. The van der Waals surface area contributed by atoms with Gasteiger partial charge in [0.05, 0.1) is 13.5 Å². The number of amides is 1. The number of ketones is 1. The lowest BCUT2D eigenvalue weighted by atomic mass is 10.1. The van der Waals surface area contributed by atoms with E-state index in [1.807, 2.05) is 0 Å². The number of carbonyl (C=O) groups is 3. The molecule has 0 spiro atoms. The minimum Gasteiger partial charge on any atom is -0.497 e. The summed E-state index contributed by atoms with van der Waals surface area (Å²) in [6.07, 6.45) is 1.50. The van der Waals surface area contributed by atoms with Crippen molar-refractivity contribution >= 4 is 23.3 Å². The van der Waals surface area contributed by atoms with Crippen molar-refractivity contribution in [2.45, 2.75) is 19.3 Å². The fourth-order valence-electron chi connectivity index (χ4n) is 2.94. The third-order valence-corrected chi connectivity index (χ3v) is 4.45. The highest BCUT2D eigenvalue weighted by molar-refractivity contribution is 5.99. The molecule has 2 aromatic rings. The Hall–Kier alpha value is -3.15. The highest BCUT2D eigenvalue weighted by Crippen LogP contribution is 2.21. The van der Waals surface area contributed by atoms with Gasteiger partial charge in [0.2, 0.25) is 5.91 Å². The Morgan fingerprint density at radius 1 is 1.04 bits per heavy atom. The maximum Gasteiger partial charge on any atom is 0.310 e. The van der Waals surface area contributed by atoms with E-state index in [1.165, 1.54) is 0 Å². The second-order valence-electron chi connectivity index (χ2n) is 6.30. The van der Waals surface area contributed by atoms with Crippen molar-refractivity contribution in [3.8, 4) is 5.75 Å². The van der Waals surface area contributed by atoms with E-state index in [1.54, 1.807) is 60.5 Å². The number of Topliss-reactive ketones (excluding diaryl/α,β-unsaturated/α-hetero) is 1. The van der Waals surface area contributed by atoms with E-state index in [-0.39, 0.29) is 24.7 Å². The summed E-state index contributed by atoms with van der Waals surface area (Å²) in [5.41, 5.74) is 2.01. The summed E-state index contributed by atoms with van der Waals surface area (Å²) in [5.74, 6) is 0.0630. The minimum absolute atomic E-state index is 0.0906. The number of hydrogen-bond donors (Lipinski definition) is 0. The summed E-state index contributed by atoms with van der Waals surface area (Å²) < 4.78 is 10.1. The molecule has 1 amide bonds. The Morgan fingerprint density at radius 3 is 2.33 bits per heavy atom. The number of rotatable bonds is 7. The predicted octanol–water partition coefficient (Wildman–Crippen LogP) is 2.79. The van der Waals surface area contributed by atoms with Gasteiger partial charge in [-0.25, -0.2) is 0 Å². The summed E-state index contributed by atoms with van der Waals surface area (Å²) in [5, 5.41) is 0. The van der Waals surface area contributed by atoms with E-state index < -0.39 is 5.97 Å².